The fourth-order valence-electron chi connectivity index (χ4n) is 2.46. The summed E-state index contributed by atoms with van der Waals surface area (Å²) >= 11 is 0. The number of nitrogens with one attached hydrogen (secondary N) is 1. The van der Waals surface area contributed by atoms with Crippen molar-refractivity contribution in [3.05, 3.63) is 23.8 Å². The van der Waals surface area contributed by atoms with Crippen molar-refractivity contribution in [1.29, 1.82) is 0 Å². The number of methoxy groups -OCH3 is 1. The Balaban J connectivity index is 1.83. The Bertz CT molecular complexity index is 402. The molecule has 0 saturated carbocycles. The van der Waals surface area contributed by atoms with E-state index in [0.29, 0.717) is 11.9 Å². The molecule has 1 heterocycles. The van der Waals surface area contributed by atoms with Crippen LogP contribution >= 0.6 is 0 Å². The van der Waals surface area contributed by atoms with Gasteiger partial charge in [0.2, 0.25) is 0 Å². The highest BCUT2D eigenvalue weighted by atomic mass is 16.5. The fourth-order valence-corrected chi connectivity index (χ4v) is 2.46. The van der Waals surface area contributed by atoms with Gasteiger partial charge >= 0.3 is 0 Å². The van der Waals surface area contributed by atoms with E-state index in [1.165, 1.54) is 12.8 Å². The number of aromatic hydroxyl groups is 1. The van der Waals surface area contributed by atoms with Crippen LogP contribution in [0, 0.1) is 0 Å². The van der Waals surface area contributed by atoms with Crippen molar-refractivity contribution < 1.29 is 14.6 Å². The molecule has 2 N–H and O–H groups in total. The Kier molecular flexibility index (Phi) is 5.05. The lowest BCUT2D eigenvalue weighted by molar-refractivity contribution is 0.103. The van der Waals surface area contributed by atoms with Crippen LogP contribution in [0.1, 0.15) is 37.8 Å². The molecule has 1 aliphatic rings. The Morgan fingerprint density at radius 2 is 2.37 bits per heavy atom. The predicted octanol–water partition coefficient (Wildman–Crippen LogP) is 2.62. The van der Waals surface area contributed by atoms with Crippen LogP contribution in [0.15, 0.2) is 18.2 Å². The van der Waals surface area contributed by atoms with Crippen LogP contribution in [0.25, 0.3) is 0 Å². The summed E-state index contributed by atoms with van der Waals surface area (Å²) in [4.78, 5) is 0. The molecular formula is C15H23NO3. The van der Waals surface area contributed by atoms with Crippen LogP contribution in [0.3, 0.4) is 0 Å². The van der Waals surface area contributed by atoms with Crippen molar-refractivity contribution in [3.63, 3.8) is 0 Å². The smallest absolute Gasteiger partial charge is 0.124 e. The average Bonchev–Trinajstić information content (AvgIpc) is 2.91. The molecule has 2 unspecified atom stereocenters. The summed E-state index contributed by atoms with van der Waals surface area (Å²) in [6, 6.07) is 5.53. The molecule has 4 nitrogen and oxygen atoms in total. The highest BCUT2D eigenvalue weighted by Crippen LogP contribution is 2.28. The Labute approximate surface area is 114 Å². The van der Waals surface area contributed by atoms with Gasteiger partial charge in [-0.3, -0.25) is 0 Å². The molecule has 2 atom stereocenters. The molecule has 1 saturated heterocycles. The molecule has 1 aliphatic heterocycles. The number of benzene rings is 1. The molecule has 1 aromatic carbocycles. The van der Waals surface area contributed by atoms with Gasteiger partial charge in [0, 0.05) is 24.3 Å². The zero-order valence-corrected chi connectivity index (χ0v) is 11.7. The molecule has 106 valence electrons. The normalized spacial score (nSPS) is 20.4. The topological polar surface area (TPSA) is 50.7 Å². The van der Waals surface area contributed by atoms with Gasteiger partial charge in [0.25, 0.3) is 0 Å². The minimum Gasteiger partial charge on any atom is -0.507 e. The van der Waals surface area contributed by atoms with Gasteiger partial charge in [-0.2, -0.15) is 0 Å². The molecule has 19 heavy (non-hydrogen) atoms. The van der Waals surface area contributed by atoms with Gasteiger partial charge in [-0.05, 0) is 38.8 Å². The Morgan fingerprint density at radius 3 is 3.00 bits per heavy atom. The van der Waals surface area contributed by atoms with Gasteiger partial charge in [0.05, 0.1) is 13.2 Å². The van der Waals surface area contributed by atoms with Crippen LogP contribution in [-0.4, -0.2) is 31.5 Å². The van der Waals surface area contributed by atoms with E-state index < -0.39 is 0 Å². The van der Waals surface area contributed by atoms with Crippen molar-refractivity contribution in [1.82, 2.24) is 5.32 Å². The third-order valence-corrected chi connectivity index (χ3v) is 3.64. The molecule has 0 bridgehead atoms. The summed E-state index contributed by atoms with van der Waals surface area (Å²) < 4.78 is 10.7. The molecule has 1 fully saturated rings. The summed E-state index contributed by atoms with van der Waals surface area (Å²) in [5, 5.41) is 13.4. The zero-order valence-electron chi connectivity index (χ0n) is 11.7. The second-order valence-electron chi connectivity index (χ2n) is 5.02. The number of ether oxygens (including phenoxy) is 2. The van der Waals surface area contributed by atoms with E-state index in [1.807, 2.05) is 12.1 Å². The van der Waals surface area contributed by atoms with Crippen molar-refractivity contribution in [2.24, 2.45) is 0 Å². The first-order chi connectivity index (χ1) is 9.20. The summed E-state index contributed by atoms with van der Waals surface area (Å²) in [6.45, 7) is 3.85. The maximum Gasteiger partial charge on any atom is 0.124 e. The standard InChI is InChI=1S/C15H23NO3/c1-11(16-8-7-12-4-3-9-19-12)14-6-5-13(18-2)10-15(14)17/h5-6,10-12,16-17H,3-4,7-9H2,1-2H3. The summed E-state index contributed by atoms with van der Waals surface area (Å²) in [5.41, 5.74) is 0.896. The lowest BCUT2D eigenvalue weighted by atomic mass is 10.1. The van der Waals surface area contributed by atoms with Crippen LogP contribution in [0.2, 0.25) is 0 Å². The van der Waals surface area contributed by atoms with E-state index in [-0.39, 0.29) is 11.8 Å². The van der Waals surface area contributed by atoms with E-state index in [9.17, 15) is 5.11 Å². The first-order valence-corrected chi connectivity index (χ1v) is 6.92. The van der Waals surface area contributed by atoms with Gasteiger partial charge in [0.1, 0.15) is 11.5 Å². The maximum atomic E-state index is 9.96. The van der Waals surface area contributed by atoms with Gasteiger partial charge in [-0.25, -0.2) is 0 Å². The van der Waals surface area contributed by atoms with Gasteiger partial charge in [-0.1, -0.05) is 6.07 Å². The van der Waals surface area contributed by atoms with Gasteiger partial charge in [-0.15, -0.1) is 0 Å². The second-order valence-corrected chi connectivity index (χ2v) is 5.02. The zero-order chi connectivity index (χ0) is 13.7. The fraction of sp³-hybridized carbons (Fsp3) is 0.600. The third kappa shape index (κ3) is 3.85. The lowest BCUT2D eigenvalue weighted by Crippen LogP contribution is -2.23. The molecule has 0 radical (unpaired) electrons. The van der Waals surface area contributed by atoms with Crippen molar-refractivity contribution in [2.45, 2.75) is 38.3 Å². The largest absolute Gasteiger partial charge is 0.507 e. The first-order valence-electron chi connectivity index (χ1n) is 6.92. The SMILES string of the molecule is COc1ccc(C(C)NCCC2CCCO2)c(O)c1. The lowest BCUT2D eigenvalue weighted by Gasteiger charge is -2.17. The minimum atomic E-state index is 0.118. The van der Waals surface area contributed by atoms with Crippen molar-refractivity contribution in [3.8, 4) is 11.5 Å². The third-order valence-electron chi connectivity index (χ3n) is 3.64. The molecule has 0 aromatic heterocycles. The van der Waals surface area contributed by atoms with E-state index in [2.05, 4.69) is 12.2 Å². The van der Waals surface area contributed by atoms with Crippen LogP contribution < -0.4 is 10.1 Å². The van der Waals surface area contributed by atoms with E-state index in [1.54, 1.807) is 13.2 Å². The Morgan fingerprint density at radius 1 is 1.53 bits per heavy atom. The van der Waals surface area contributed by atoms with E-state index in [4.69, 9.17) is 9.47 Å². The molecule has 4 heteroatoms. The molecule has 0 spiro atoms. The van der Waals surface area contributed by atoms with Crippen LogP contribution in [-0.2, 0) is 4.74 Å². The molecular weight excluding hydrogens is 242 g/mol. The predicted molar refractivity (Wildman–Crippen MR) is 74.7 cm³/mol. The molecule has 2 rings (SSSR count). The Hall–Kier alpha value is -1.26. The second kappa shape index (κ2) is 6.78. The number of phenols is 1. The number of hydrogen-bond donors (Lipinski definition) is 2. The molecule has 1 aromatic rings. The van der Waals surface area contributed by atoms with Crippen molar-refractivity contribution >= 4 is 0 Å². The van der Waals surface area contributed by atoms with Crippen LogP contribution in [0.4, 0.5) is 0 Å². The van der Waals surface area contributed by atoms with Gasteiger partial charge < -0.3 is 19.9 Å². The highest BCUT2D eigenvalue weighted by Gasteiger charge is 2.16. The summed E-state index contributed by atoms with van der Waals surface area (Å²) in [7, 11) is 1.59. The molecule has 0 aliphatic carbocycles. The quantitative estimate of drug-likeness (QED) is 0.830. The van der Waals surface area contributed by atoms with E-state index in [0.717, 1.165) is 25.1 Å². The monoisotopic (exact) mass is 265 g/mol. The highest BCUT2D eigenvalue weighted by molar-refractivity contribution is 5.41. The summed E-state index contributed by atoms with van der Waals surface area (Å²) in [5.74, 6) is 0.948. The van der Waals surface area contributed by atoms with Crippen LogP contribution in [0.5, 0.6) is 11.5 Å². The average molecular weight is 265 g/mol. The maximum absolute atomic E-state index is 9.96. The first kappa shape index (κ1) is 14.2. The number of rotatable bonds is 6. The van der Waals surface area contributed by atoms with E-state index >= 15 is 0 Å². The van der Waals surface area contributed by atoms with Crippen molar-refractivity contribution in [2.75, 3.05) is 20.3 Å². The number of phenolic OH excluding ortho intramolecular Hbond substituents is 1. The minimum absolute atomic E-state index is 0.118. The number of hydrogen-bond acceptors (Lipinski definition) is 4. The summed E-state index contributed by atoms with van der Waals surface area (Å²) in [6.07, 6.45) is 3.79. The van der Waals surface area contributed by atoms with Gasteiger partial charge in [0.15, 0.2) is 0 Å². The molecule has 0 amide bonds.